The number of benzene rings is 1. The van der Waals surface area contributed by atoms with Crippen molar-refractivity contribution in [1.29, 1.82) is 0 Å². The second kappa shape index (κ2) is 5.37. The molecule has 2 aromatic rings. The van der Waals surface area contributed by atoms with E-state index >= 15 is 0 Å². The van der Waals surface area contributed by atoms with Crippen LogP contribution >= 0.6 is 0 Å². The highest BCUT2D eigenvalue weighted by atomic mass is 19.1. The molecule has 1 N–H and O–H groups in total. The van der Waals surface area contributed by atoms with Crippen molar-refractivity contribution in [3.8, 4) is 11.4 Å². The topological polar surface area (TPSA) is 80.1 Å². The molecule has 0 aliphatic carbocycles. The van der Waals surface area contributed by atoms with E-state index in [9.17, 15) is 14.0 Å². The summed E-state index contributed by atoms with van der Waals surface area (Å²) in [5, 5.41) is 11.1. The van der Waals surface area contributed by atoms with Crippen LogP contribution in [0, 0.1) is 5.82 Å². The molecule has 0 bridgehead atoms. The molecule has 1 atom stereocenters. The number of halogens is 1. The Hall–Kier alpha value is -2.77. The first kappa shape index (κ1) is 15.7. The standard InChI is InChI=1S/C17H18FN5O2/c1-17(2)15(24)23(16(25)19-17)12-7-8-13-20-21-14(22(13)9-12)10-3-5-11(18)6-4-10/h3-6,12H,7-9H2,1-2H3,(H,19,25). The van der Waals surface area contributed by atoms with E-state index in [0.29, 0.717) is 25.2 Å². The molecule has 1 fully saturated rings. The van der Waals surface area contributed by atoms with Crippen LogP contribution in [-0.4, -0.2) is 43.2 Å². The van der Waals surface area contributed by atoms with Crippen molar-refractivity contribution in [3.05, 3.63) is 35.9 Å². The lowest BCUT2D eigenvalue weighted by Crippen LogP contribution is -2.46. The molecule has 2 aliphatic heterocycles. The van der Waals surface area contributed by atoms with Crippen molar-refractivity contribution in [1.82, 2.24) is 25.0 Å². The summed E-state index contributed by atoms with van der Waals surface area (Å²) >= 11 is 0. The summed E-state index contributed by atoms with van der Waals surface area (Å²) in [7, 11) is 0. The number of imide groups is 1. The molecule has 2 aliphatic rings. The second-order valence-electron chi connectivity index (χ2n) is 6.98. The largest absolute Gasteiger partial charge is 0.325 e. The Morgan fingerprint density at radius 2 is 1.92 bits per heavy atom. The Morgan fingerprint density at radius 1 is 1.20 bits per heavy atom. The number of carbonyl (C=O) groups excluding carboxylic acids is 2. The maximum atomic E-state index is 13.2. The Bertz CT molecular complexity index is 858. The zero-order chi connectivity index (χ0) is 17.8. The molecule has 1 saturated heterocycles. The SMILES string of the molecule is CC1(C)NC(=O)N(C2CCc3nnc(-c4ccc(F)cc4)n3C2)C1=O. The summed E-state index contributed by atoms with van der Waals surface area (Å²) in [4.78, 5) is 26.1. The molecule has 25 heavy (non-hydrogen) atoms. The number of fused-ring (bicyclic) bond motifs is 1. The van der Waals surface area contributed by atoms with Crippen molar-refractivity contribution in [2.45, 2.75) is 44.8 Å². The van der Waals surface area contributed by atoms with E-state index in [-0.39, 0.29) is 23.8 Å². The van der Waals surface area contributed by atoms with Gasteiger partial charge >= 0.3 is 6.03 Å². The summed E-state index contributed by atoms with van der Waals surface area (Å²) in [6, 6.07) is 5.42. The smallest absolute Gasteiger partial charge is 0.324 e. The van der Waals surface area contributed by atoms with Crippen LogP contribution in [0.25, 0.3) is 11.4 Å². The van der Waals surface area contributed by atoms with Crippen molar-refractivity contribution in [2.24, 2.45) is 0 Å². The van der Waals surface area contributed by atoms with Gasteiger partial charge in [-0.05, 0) is 44.5 Å². The first-order valence-corrected chi connectivity index (χ1v) is 8.20. The Kier molecular flexibility index (Phi) is 3.38. The Morgan fingerprint density at radius 3 is 2.56 bits per heavy atom. The van der Waals surface area contributed by atoms with Gasteiger partial charge in [-0.3, -0.25) is 9.69 Å². The molecule has 1 unspecified atom stereocenters. The highest BCUT2D eigenvalue weighted by Crippen LogP contribution is 2.28. The molecule has 8 heteroatoms. The number of hydrogen-bond acceptors (Lipinski definition) is 4. The maximum absolute atomic E-state index is 13.2. The van der Waals surface area contributed by atoms with Gasteiger partial charge in [-0.15, -0.1) is 10.2 Å². The zero-order valence-corrected chi connectivity index (χ0v) is 14.0. The molecule has 130 valence electrons. The third-order valence-electron chi connectivity index (χ3n) is 4.78. The van der Waals surface area contributed by atoms with Gasteiger partial charge < -0.3 is 9.88 Å². The number of aromatic nitrogens is 3. The van der Waals surface area contributed by atoms with Crippen LogP contribution < -0.4 is 5.32 Å². The lowest BCUT2D eigenvalue weighted by Gasteiger charge is -2.30. The van der Waals surface area contributed by atoms with E-state index in [2.05, 4.69) is 15.5 Å². The first-order valence-electron chi connectivity index (χ1n) is 8.20. The lowest BCUT2D eigenvalue weighted by atomic mass is 10.0. The third kappa shape index (κ3) is 2.48. The minimum Gasteiger partial charge on any atom is -0.324 e. The molecule has 0 radical (unpaired) electrons. The molecule has 3 heterocycles. The van der Waals surface area contributed by atoms with E-state index in [1.54, 1.807) is 26.0 Å². The van der Waals surface area contributed by atoms with Gasteiger partial charge in [0.15, 0.2) is 5.82 Å². The van der Waals surface area contributed by atoms with Crippen LogP contribution in [-0.2, 0) is 17.8 Å². The van der Waals surface area contributed by atoms with Crippen LogP contribution in [0.2, 0.25) is 0 Å². The molecule has 0 saturated carbocycles. The zero-order valence-electron chi connectivity index (χ0n) is 14.0. The molecule has 1 aromatic carbocycles. The van der Waals surface area contributed by atoms with E-state index in [0.717, 1.165) is 11.4 Å². The predicted molar refractivity (Wildman–Crippen MR) is 87.0 cm³/mol. The highest BCUT2D eigenvalue weighted by molar-refractivity contribution is 6.06. The fourth-order valence-electron chi connectivity index (χ4n) is 3.44. The van der Waals surface area contributed by atoms with Gasteiger partial charge in [0, 0.05) is 18.5 Å². The van der Waals surface area contributed by atoms with Gasteiger partial charge in [-0.2, -0.15) is 0 Å². The minimum absolute atomic E-state index is 0.220. The van der Waals surface area contributed by atoms with Crippen LogP contribution in [0.15, 0.2) is 24.3 Å². The number of urea groups is 1. The van der Waals surface area contributed by atoms with Crippen molar-refractivity contribution in [2.75, 3.05) is 0 Å². The van der Waals surface area contributed by atoms with Crippen molar-refractivity contribution < 1.29 is 14.0 Å². The average molecular weight is 343 g/mol. The van der Waals surface area contributed by atoms with E-state index in [1.807, 2.05) is 4.57 Å². The number of amides is 3. The normalized spacial score (nSPS) is 22.0. The van der Waals surface area contributed by atoms with E-state index < -0.39 is 5.54 Å². The van der Waals surface area contributed by atoms with Gasteiger partial charge in [-0.25, -0.2) is 9.18 Å². The molecule has 7 nitrogen and oxygen atoms in total. The van der Waals surface area contributed by atoms with Crippen molar-refractivity contribution >= 4 is 11.9 Å². The summed E-state index contributed by atoms with van der Waals surface area (Å²) < 4.78 is 15.1. The van der Waals surface area contributed by atoms with Crippen LogP contribution in [0.4, 0.5) is 9.18 Å². The summed E-state index contributed by atoms with van der Waals surface area (Å²) in [6.07, 6.45) is 1.27. The fraction of sp³-hybridized carbons (Fsp3) is 0.412. The summed E-state index contributed by atoms with van der Waals surface area (Å²) in [6.45, 7) is 3.83. The van der Waals surface area contributed by atoms with Crippen LogP contribution in [0.1, 0.15) is 26.1 Å². The minimum atomic E-state index is -0.885. The lowest BCUT2D eigenvalue weighted by molar-refractivity contribution is -0.132. The van der Waals surface area contributed by atoms with Crippen LogP contribution in [0.3, 0.4) is 0 Å². The number of rotatable bonds is 2. The van der Waals surface area contributed by atoms with Gasteiger partial charge in [0.05, 0.1) is 6.04 Å². The Balaban J connectivity index is 1.65. The van der Waals surface area contributed by atoms with Gasteiger partial charge in [-0.1, -0.05) is 0 Å². The summed E-state index contributed by atoms with van der Waals surface area (Å²) in [5.74, 6) is 0.886. The first-order chi connectivity index (χ1) is 11.9. The molecule has 0 spiro atoms. The summed E-state index contributed by atoms with van der Waals surface area (Å²) in [5.41, 5.74) is -0.136. The van der Waals surface area contributed by atoms with Gasteiger partial charge in [0.2, 0.25) is 0 Å². The third-order valence-corrected chi connectivity index (χ3v) is 4.78. The second-order valence-corrected chi connectivity index (χ2v) is 6.98. The molecular formula is C17H18FN5O2. The molecule has 4 rings (SSSR count). The molecule has 3 amide bonds. The van der Waals surface area contributed by atoms with E-state index in [4.69, 9.17) is 0 Å². The monoisotopic (exact) mass is 343 g/mol. The predicted octanol–water partition coefficient (Wildman–Crippen LogP) is 1.73. The fourth-order valence-corrected chi connectivity index (χ4v) is 3.44. The number of aryl methyl sites for hydroxylation is 1. The maximum Gasteiger partial charge on any atom is 0.325 e. The highest BCUT2D eigenvalue weighted by Gasteiger charge is 2.48. The molecular weight excluding hydrogens is 325 g/mol. The van der Waals surface area contributed by atoms with Gasteiger partial charge in [0.1, 0.15) is 17.2 Å². The number of nitrogens with one attached hydrogen (secondary N) is 1. The average Bonchev–Trinajstić information content (AvgIpc) is 3.06. The van der Waals surface area contributed by atoms with E-state index in [1.165, 1.54) is 17.0 Å². The number of carbonyl (C=O) groups is 2. The number of hydrogen-bond donors (Lipinski definition) is 1. The van der Waals surface area contributed by atoms with Crippen molar-refractivity contribution in [3.63, 3.8) is 0 Å². The number of nitrogens with zero attached hydrogens (tertiary/aromatic N) is 4. The quantitative estimate of drug-likeness (QED) is 0.842. The Labute approximate surface area is 143 Å². The molecule has 1 aromatic heterocycles. The van der Waals surface area contributed by atoms with Crippen LogP contribution in [0.5, 0.6) is 0 Å². The van der Waals surface area contributed by atoms with Gasteiger partial charge in [0.25, 0.3) is 5.91 Å².